The Morgan fingerprint density at radius 2 is 1.87 bits per heavy atom. The third kappa shape index (κ3) is 7.26. The number of carbonyl (C=O) groups is 2. The van der Waals surface area contributed by atoms with Crippen LogP contribution in [0.5, 0.6) is 11.6 Å². The van der Waals surface area contributed by atoms with Gasteiger partial charge in [-0.2, -0.15) is 13.2 Å². The fourth-order valence-corrected chi connectivity index (χ4v) is 2.33. The van der Waals surface area contributed by atoms with Gasteiger partial charge in [0.1, 0.15) is 17.4 Å². The van der Waals surface area contributed by atoms with Gasteiger partial charge in [-0.05, 0) is 44.5 Å². The van der Waals surface area contributed by atoms with Crippen LogP contribution < -0.4 is 10.1 Å². The van der Waals surface area contributed by atoms with E-state index in [2.05, 4.69) is 10.3 Å². The Labute approximate surface area is 170 Å². The molecular formula is C20H21F3N2O5. The average molecular weight is 426 g/mol. The van der Waals surface area contributed by atoms with Crippen LogP contribution in [0.2, 0.25) is 0 Å². The van der Waals surface area contributed by atoms with Crippen LogP contribution in [0.15, 0.2) is 42.6 Å². The van der Waals surface area contributed by atoms with Crippen molar-refractivity contribution in [3.63, 3.8) is 0 Å². The summed E-state index contributed by atoms with van der Waals surface area (Å²) in [5.74, 6) is -1.27. The molecule has 0 aliphatic carbocycles. The molecule has 0 radical (unpaired) electrons. The lowest BCUT2D eigenvalue weighted by atomic mass is 10.1. The predicted molar refractivity (Wildman–Crippen MR) is 100 cm³/mol. The molecule has 1 atom stereocenters. The summed E-state index contributed by atoms with van der Waals surface area (Å²) in [7, 11) is 0. The number of aliphatic carboxylic acids is 1. The number of aromatic nitrogens is 1. The van der Waals surface area contributed by atoms with Gasteiger partial charge in [-0.25, -0.2) is 14.6 Å². The molecule has 1 heterocycles. The number of amides is 1. The number of hydrogen-bond donors (Lipinski definition) is 2. The second-order valence-electron chi connectivity index (χ2n) is 7.37. The topological polar surface area (TPSA) is 97.8 Å². The summed E-state index contributed by atoms with van der Waals surface area (Å²) in [4.78, 5) is 27.2. The van der Waals surface area contributed by atoms with Gasteiger partial charge in [-0.15, -0.1) is 0 Å². The largest absolute Gasteiger partial charge is 0.480 e. The van der Waals surface area contributed by atoms with Crippen LogP contribution in [0.3, 0.4) is 0 Å². The van der Waals surface area contributed by atoms with Gasteiger partial charge in [-0.1, -0.05) is 12.1 Å². The number of halogens is 3. The van der Waals surface area contributed by atoms with Crippen LogP contribution in [0, 0.1) is 0 Å². The zero-order valence-electron chi connectivity index (χ0n) is 16.5. The van der Waals surface area contributed by atoms with Crippen LogP contribution in [0.1, 0.15) is 31.9 Å². The maximum atomic E-state index is 12.8. The Morgan fingerprint density at radius 1 is 1.17 bits per heavy atom. The standard InChI is InChI=1S/C20H21F3N2O5/c1-19(2,3)30-18(28)25-15(17(26)27)9-12-7-8-16(24-11-12)29-14-6-4-5-13(10-14)20(21,22)23/h4-8,10-11,15H,9H2,1-3H3,(H,25,28)(H,26,27). The normalized spacial score (nSPS) is 12.7. The minimum absolute atomic E-state index is 0.0325. The number of benzene rings is 1. The Balaban J connectivity index is 2.04. The Bertz CT molecular complexity index is 893. The van der Waals surface area contributed by atoms with Crippen molar-refractivity contribution < 1.29 is 37.3 Å². The molecule has 1 amide bonds. The zero-order chi connectivity index (χ0) is 22.5. The maximum Gasteiger partial charge on any atom is 0.416 e. The van der Waals surface area contributed by atoms with E-state index in [1.807, 2.05) is 0 Å². The highest BCUT2D eigenvalue weighted by Gasteiger charge is 2.30. The number of pyridine rings is 1. The highest BCUT2D eigenvalue weighted by atomic mass is 19.4. The van der Waals surface area contributed by atoms with Crippen molar-refractivity contribution in [3.05, 3.63) is 53.7 Å². The summed E-state index contributed by atoms with van der Waals surface area (Å²) >= 11 is 0. The fourth-order valence-electron chi connectivity index (χ4n) is 2.33. The first-order chi connectivity index (χ1) is 13.8. The van der Waals surface area contributed by atoms with Crippen LogP contribution in [-0.4, -0.2) is 33.8 Å². The molecule has 0 saturated heterocycles. The molecule has 2 N–H and O–H groups in total. The van der Waals surface area contributed by atoms with Gasteiger partial charge < -0.3 is 19.9 Å². The molecule has 1 aromatic heterocycles. The van der Waals surface area contributed by atoms with Gasteiger partial charge in [-0.3, -0.25) is 0 Å². The third-order valence-electron chi connectivity index (χ3n) is 3.61. The van der Waals surface area contributed by atoms with E-state index >= 15 is 0 Å². The van der Waals surface area contributed by atoms with Crippen LogP contribution >= 0.6 is 0 Å². The van der Waals surface area contributed by atoms with Crippen molar-refractivity contribution in [1.29, 1.82) is 0 Å². The number of alkyl carbamates (subject to hydrolysis) is 1. The fraction of sp³-hybridized carbons (Fsp3) is 0.350. The minimum Gasteiger partial charge on any atom is -0.480 e. The molecule has 1 unspecified atom stereocenters. The van der Waals surface area contributed by atoms with E-state index < -0.39 is 35.4 Å². The minimum atomic E-state index is -4.50. The van der Waals surface area contributed by atoms with Crippen LogP contribution in [0.4, 0.5) is 18.0 Å². The van der Waals surface area contributed by atoms with Crippen molar-refractivity contribution in [3.8, 4) is 11.6 Å². The van der Waals surface area contributed by atoms with Crippen molar-refractivity contribution in [1.82, 2.24) is 10.3 Å². The smallest absolute Gasteiger partial charge is 0.416 e. The molecule has 1 aromatic carbocycles. The molecule has 162 valence electrons. The molecule has 0 fully saturated rings. The van der Waals surface area contributed by atoms with Gasteiger partial charge in [0.25, 0.3) is 0 Å². The number of alkyl halides is 3. The van der Waals surface area contributed by atoms with Crippen molar-refractivity contribution in [2.24, 2.45) is 0 Å². The van der Waals surface area contributed by atoms with Gasteiger partial charge in [0.2, 0.25) is 5.88 Å². The second-order valence-corrected chi connectivity index (χ2v) is 7.37. The molecule has 0 aliphatic heterocycles. The lowest BCUT2D eigenvalue weighted by Crippen LogP contribution is -2.44. The molecule has 2 aromatic rings. The molecule has 10 heteroatoms. The number of rotatable bonds is 6. The SMILES string of the molecule is CC(C)(C)OC(=O)NC(Cc1ccc(Oc2cccc(C(F)(F)F)c2)nc1)C(=O)O. The summed E-state index contributed by atoms with van der Waals surface area (Å²) in [5.41, 5.74) is -1.17. The average Bonchev–Trinajstić information content (AvgIpc) is 2.60. The van der Waals surface area contributed by atoms with E-state index in [4.69, 9.17) is 9.47 Å². The molecule has 2 rings (SSSR count). The van der Waals surface area contributed by atoms with E-state index in [9.17, 15) is 27.9 Å². The molecule has 0 saturated carbocycles. The van der Waals surface area contributed by atoms with Gasteiger partial charge in [0, 0.05) is 18.7 Å². The number of nitrogens with zero attached hydrogens (tertiary/aromatic N) is 1. The monoisotopic (exact) mass is 426 g/mol. The lowest BCUT2D eigenvalue weighted by molar-refractivity contribution is -0.139. The summed E-state index contributed by atoms with van der Waals surface area (Å²) < 4.78 is 48.7. The predicted octanol–water partition coefficient (Wildman–Crippen LogP) is 4.41. The number of carboxylic acid groups (broad SMARTS) is 1. The van der Waals surface area contributed by atoms with E-state index in [1.54, 1.807) is 20.8 Å². The first kappa shape index (κ1) is 23.0. The van der Waals surface area contributed by atoms with Crippen LogP contribution in [-0.2, 0) is 22.1 Å². The molecule has 7 nitrogen and oxygen atoms in total. The molecule has 30 heavy (non-hydrogen) atoms. The van der Waals surface area contributed by atoms with Crippen molar-refractivity contribution in [2.45, 2.75) is 45.0 Å². The quantitative estimate of drug-likeness (QED) is 0.710. The second kappa shape index (κ2) is 9.02. The Kier molecular flexibility index (Phi) is 6.91. The number of ether oxygens (including phenoxy) is 2. The summed E-state index contributed by atoms with van der Waals surface area (Å²) in [5, 5.41) is 11.6. The van der Waals surface area contributed by atoms with E-state index in [0.717, 1.165) is 12.1 Å². The first-order valence-electron chi connectivity index (χ1n) is 8.86. The number of nitrogens with one attached hydrogen (secondary N) is 1. The summed E-state index contributed by atoms with van der Waals surface area (Å²) in [6.45, 7) is 4.94. The molecule has 0 spiro atoms. The maximum absolute atomic E-state index is 12.8. The Hall–Kier alpha value is -3.30. The number of carbonyl (C=O) groups excluding carboxylic acids is 1. The highest BCUT2D eigenvalue weighted by Crippen LogP contribution is 2.32. The molecule has 0 bridgehead atoms. The summed E-state index contributed by atoms with van der Waals surface area (Å²) in [6, 6.07) is 5.98. The molecule has 0 aliphatic rings. The lowest BCUT2D eigenvalue weighted by Gasteiger charge is -2.22. The van der Waals surface area contributed by atoms with E-state index in [0.29, 0.717) is 5.56 Å². The van der Waals surface area contributed by atoms with Crippen molar-refractivity contribution in [2.75, 3.05) is 0 Å². The van der Waals surface area contributed by atoms with Gasteiger partial charge in [0.05, 0.1) is 5.56 Å². The zero-order valence-corrected chi connectivity index (χ0v) is 16.5. The molecular weight excluding hydrogens is 405 g/mol. The first-order valence-corrected chi connectivity index (χ1v) is 8.86. The summed E-state index contributed by atoms with van der Waals surface area (Å²) in [6.07, 6.45) is -4.13. The number of hydrogen-bond acceptors (Lipinski definition) is 5. The van der Waals surface area contributed by atoms with E-state index in [1.165, 1.54) is 30.5 Å². The van der Waals surface area contributed by atoms with Gasteiger partial charge in [0.15, 0.2) is 0 Å². The number of carboxylic acids is 1. The highest BCUT2D eigenvalue weighted by molar-refractivity contribution is 5.80. The van der Waals surface area contributed by atoms with Crippen LogP contribution in [0.25, 0.3) is 0 Å². The van der Waals surface area contributed by atoms with E-state index in [-0.39, 0.29) is 18.1 Å². The Morgan fingerprint density at radius 3 is 2.40 bits per heavy atom. The van der Waals surface area contributed by atoms with Gasteiger partial charge >= 0.3 is 18.2 Å². The third-order valence-corrected chi connectivity index (χ3v) is 3.61. The van der Waals surface area contributed by atoms with Crippen molar-refractivity contribution >= 4 is 12.1 Å².